The monoisotopic (exact) mass is 370 g/mol. The molecule has 3 aromatic rings. The molecule has 5 nitrogen and oxygen atoms in total. The molecule has 2 aromatic carbocycles. The van der Waals surface area contributed by atoms with Gasteiger partial charge in [0.05, 0.1) is 23.0 Å². The Hall–Kier alpha value is -2.51. The van der Waals surface area contributed by atoms with E-state index in [9.17, 15) is 0 Å². The van der Waals surface area contributed by atoms with E-state index in [0.717, 1.165) is 32.2 Å². The highest BCUT2D eigenvalue weighted by Crippen LogP contribution is 2.21. The Balaban J connectivity index is 1.55. The molecule has 0 amide bonds. The van der Waals surface area contributed by atoms with Gasteiger partial charge in [-0.25, -0.2) is 4.98 Å². The third kappa shape index (κ3) is 4.52. The number of thiocarbonyl (C=S) groups is 1. The van der Waals surface area contributed by atoms with Crippen molar-refractivity contribution in [3.63, 3.8) is 0 Å². The van der Waals surface area contributed by atoms with Crippen LogP contribution in [0, 0.1) is 0 Å². The van der Waals surface area contributed by atoms with E-state index in [2.05, 4.69) is 26.9 Å². The Morgan fingerprint density at radius 3 is 2.68 bits per heavy atom. The molecule has 2 N–H and O–H groups in total. The van der Waals surface area contributed by atoms with E-state index in [1.165, 1.54) is 0 Å². The number of aromatic nitrogens is 1. The topological polar surface area (TPSA) is 58.5 Å². The molecule has 0 aliphatic rings. The number of hydrogen-bond acceptors (Lipinski definition) is 5. The number of ether oxygens (including phenoxy) is 1. The van der Waals surface area contributed by atoms with Crippen LogP contribution in [-0.2, 0) is 6.54 Å². The number of fused-ring (bicyclic) bond motifs is 1. The van der Waals surface area contributed by atoms with Gasteiger partial charge >= 0.3 is 0 Å². The number of rotatable bonds is 5. The predicted molar refractivity (Wildman–Crippen MR) is 107 cm³/mol. The number of methoxy groups -OCH3 is 1. The van der Waals surface area contributed by atoms with Gasteiger partial charge in [0.1, 0.15) is 10.8 Å². The van der Waals surface area contributed by atoms with E-state index in [-0.39, 0.29) is 0 Å². The zero-order valence-corrected chi connectivity index (χ0v) is 15.6. The second kappa shape index (κ2) is 8.04. The maximum atomic E-state index is 5.26. The number of para-hydroxylation sites is 1. The molecule has 0 saturated carbocycles. The minimum Gasteiger partial charge on any atom is -0.497 e. The average molecular weight is 371 g/mol. The van der Waals surface area contributed by atoms with Gasteiger partial charge in [-0.15, -0.1) is 11.3 Å². The number of nitrogens with zero attached hydrogens (tertiary/aromatic N) is 2. The van der Waals surface area contributed by atoms with Gasteiger partial charge in [-0.3, -0.25) is 5.43 Å². The van der Waals surface area contributed by atoms with Crippen molar-refractivity contribution < 1.29 is 4.74 Å². The molecular formula is C18H18N4OS2. The van der Waals surface area contributed by atoms with E-state index >= 15 is 0 Å². The minimum atomic E-state index is 0.469. The van der Waals surface area contributed by atoms with Crippen LogP contribution in [0.4, 0.5) is 0 Å². The quantitative estimate of drug-likeness (QED) is 0.407. The summed E-state index contributed by atoms with van der Waals surface area (Å²) in [5.41, 5.74) is 5.76. The minimum absolute atomic E-state index is 0.469. The van der Waals surface area contributed by atoms with E-state index in [1.54, 1.807) is 18.4 Å². The highest BCUT2D eigenvalue weighted by Gasteiger charge is 2.06. The molecule has 25 heavy (non-hydrogen) atoms. The molecule has 0 unspecified atom stereocenters. The van der Waals surface area contributed by atoms with Crippen molar-refractivity contribution in [3.8, 4) is 5.75 Å². The normalized spacial score (nSPS) is 11.4. The second-order valence-corrected chi connectivity index (χ2v) is 6.77. The van der Waals surface area contributed by atoms with Gasteiger partial charge < -0.3 is 10.1 Å². The largest absolute Gasteiger partial charge is 0.497 e. The SMILES string of the molecule is COc1ccc(CNC(=S)N/N=C(/C)c2nc3ccccc3s2)cc1. The lowest BCUT2D eigenvalue weighted by atomic mass is 10.2. The zero-order valence-electron chi connectivity index (χ0n) is 13.9. The van der Waals surface area contributed by atoms with Crippen molar-refractivity contribution in [1.82, 2.24) is 15.7 Å². The van der Waals surface area contributed by atoms with E-state index in [1.807, 2.05) is 49.4 Å². The van der Waals surface area contributed by atoms with Crippen LogP contribution in [0.15, 0.2) is 53.6 Å². The first-order chi connectivity index (χ1) is 12.2. The molecule has 0 spiro atoms. The maximum absolute atomic E-state index is 5.26. The first-order valence-corrected chi connectivity index (χ1v) is 8.95. The Labute approximate surface area is 155 Å². The van der Waals surface area contributed by atoms with Gasteiger partial charge in [-0.1, -0.05) is 24.3 Å². The van der Waals surface area contributed by atoms with Gasteiger partial charge in [-0.2, -0.15) is 5.10 Å². The lowest BCUT2D eigenvalue weighted by Crippen LogP contribution is -2.32. The molecule has 0 saturated heterocycles. The lowest BCUT2D eigenvalue weighted by Gasteiger charge is -2.08. The second-order valence-electron chi connectivity index (χ2n) is 5.33. The fraction of sp³-hybridized carbons (Fsp3) is 0.167. The summed E-state index contributed by atoms with van der Waals surface area (Å²) in [7, 11) is 1.65. The number of hydrazone groups is 1. The van der Waals surface area contributed by atoms with Crippen molar-refractivity contribution in [3.05, 3.63) is 59.1 Å². The van der Waals surface area contributed by atoms with Crippen molar-refractivity contribution >= 4 is 44.6 Å². The van der Waals surface area contributed by atoms with Crippen molar-refractivity contribution in [2.75, 3.05) is 7.11 Å². The number of nitrogens with one attached hydrogen (secondary N) is 2. The lowest BCUT2D eigenvalue weighted by molar-refractivity contribution is 0.414. The van der Waals surface area contributed by atoms with Crippen LogP contribution in [0.2, 0.25) is 0 Å². The summed E-state index contributed by atoms with van der Waals surface area (Å²) < 4.78 is 6.29. The molecule has 0 fully saturated rings. The first kappa shape index (κ1) is 17.3. The van der Waals surface area contributed by atoms with Gasteiger partial charge in [0.2, 0.25) is 0 Å². The Kier molecular flexibility index (Phi) is 5.57. The molecule has 0 atom stereocenters. The van der Waals surface area contributed by atoms with Crippen LogP contribution in [0.1, 0.15) is 17.5 Å². The number of hydrogen-bond donors (Lipinski definition) is 2. The molecule has 7 heteroatoms. The molecule has 0 bridgehead atoms. The van der Waals surface area contributed by atoms with Crippen LogP contribution in [0.25, 0.3) is 10.2 Å². The number of benzene rings is 2. The van der Waals surface area contributed by atoms with Crippen molar-refractivity contribution in [1.29, 1.82) is 0 Å². The maximum Gasteiger partial charge on any atom is 0.187 e. The van der Waals surface area contributed by atoms with Crippen LogP contribution < -0.4 is 15.5 Å². The third-order valence-corrected chi connectivity index (χ3v) is 4.92. The van der Waals surface area contributed by atoms with Crippen LogP contribution in [0.5, 0.6) is 5.75 Å². The van der Waals surface area contributed by atoms with E-state index < -0.39 is 0 Å². The summed E-state index contributed by atoms with van der Waals surface area (Å²) in [6.45, 7) is 2.53. The summed E-state index contributed by atoms with van der Waals surface area (Å²) in [5.74, 6) is 0.834. The highest BCUT2D eigenvalue weighted by molar-refractivity contribution is 7.80. The van der Waals surface area contributed by atoms with E-state index in [0.29, 0.717) is 11.7 Å². The molecule has 3 rings (SSSR count). The summed E-state index contributed by atoms with van der Waals surface area (Å²) in [6, 6.07) is 15.9. The van der Waals surface area contributed by atoms with Crippen molar-refractivity contribution in [2.45, 2.75) is 13.5 Å². The molecule has 1 heterocycles. The highest BCUT2D eigenvalue weighted by atomic mass is 32.1. The molecule has 0 radical (unpaired) electrons. The Morgan fingerprint density at radius 2 is 1.96 bits per heavy atom. The molecule has 0 aliphatic heterocycles. The van der Waals surface area contributed by atoms with Gasteiger partial charge in [0, 0.05) is 6.54 Å². The molecule has 1 aromatic heterocycles. The molecular weight excluding hydrogens is 352 g/mol. The smallest absolute Gasteiger partial charge is 0.187 e. The fourth-order valence-electron chi connectivity index (χ4n) is 2.17. The van der Waals surface area contributed by atoms with Crippen LogP contribution in [-0.4, -0.2) is 22.9 Å². The van der Waals surface area contributed by atoms with Crippen LogP contribution >= 0.6 is 23.6 Å². The zero-order chi connectivity index (χ0) is 17.6. The first-order valence-electron chi connectivity index (χ1n) is 7.72. The van der Waals surface area contributed by atoms with Crippen molar-refractivity contribution in [2.24, 2.45) is 5.10 Å². The summed E-state index contributed by atoms with van der Waals surface area (Å²) in [5, 5.41) is 8.80. The molecule has 0 aliphatic carbocycles. The number of thiazole rings is 1. The predicted octanol–water partition coefficient (Wildman–Crippen LogP) is 3.69. The summed E-state index contributed by atoms with van der Waals surface area (Å²) >= 11 is 6.88. The standard InChI is InChI=1S/C18H18N4OS2/c1-12(17-20-15-5-3-4-6-16(15)25-17)21-22-18(24)19-11-13-7-9-14(23-2)10-8-13/h3-10H,11H2,1-2H3,(H2,19,22,24)/b21-12-. The summed E-state index contributed by atoms with van der Waals surface area (Å²) in [4.78, 5) is 4.57. The molecule has 128 valence electrons. The Bertz CT molecular complexity index is 870. The third-order valence-electron chi connectivity index (χ3n) is 3.54. The fourth-order valence-corrected chi connectivity index (χ4v) is 3.20. The van der Waals surface area contributed by atoms with Crippen LogP contribution in [0.3, 0.4) is 0 Å². The van der Waals surface area contributed by atoms with Gasteiger partial charge in [-0.05, 0) is 49.0 Å². The summed E-state index contributed by atoms with van der Waals surface area (Å²) in [6.07, 6.45) is 0. The average Bonchev–Trinajstić information content (AvgIpc) is 3.09. The van der Waals surface area contributed by atoms with Gasteiger partial charge in [0.25, 0.3) is 0 Å². The van der Waals surface area contributed by atoms with E-state index in [4.69, 9.17) is 17.0 Å². The Morgan fingerprint density at radius 1 is 1.20 bits per heavy atom. The van der Waals surface area contributed by atoms with Gasteiger partial charge in [0.15, 0.2) is 5.11 Å².